The molecule has 166 valence electrons. The fraction of sp³-hybridized carbons (Fsp3) is 0.250. The molecule has 0 unspecified atom stereocenters. The maximum absolute atomic E-state index is 12.7. The molecule has 0 amide bonds. The van der Waals surface area contributed by atoms with Gasteiger partial charge in [0, 0.05) is 29.8 Å². The molecule has 0 aliphatic heterocycles. The standard InChI is InChI=1S/C24H23F3N4O/c1-16(2)32-19-8-6-17(7-9-19)12-29-22-5-3-4-21-20(10-11-28-23(21)22)18-13-30-31(14-18)15-24(25,26)27/h3-11,13-14,16,29H,12,15H2,1-2H3/i12D2. The Morgan fingerprint density at radius 3 is 2.62 bits per heavy atom. The quantitative estimate of drug-likeness (QED) is 0.378. The second-order valence-corrected chi connectivity index (χ2v) is 7.54. The maximum atomic E-state index is 12.7. The second kappa shape index (κ2) is 8.90. The van der Waals surface area contributed by atoms with Crippen molar-refractivity contribution in [2.24, 2.45) is 0 Å². The molecular formula is C24H23F3N4O. The number of halogens is 3. The lowest BCUT2D eigenvalue weighted by Gasteiger charge is -2.12. The van der Waals surface area contributed by atoms with Crippen LogP contribution in [0.25, 0.3) is 22.0 Å². The zero-order chi connectivity index (χ0) is 24.5. The summed E-state index contributed by atoms with van der Waals surface area (Å²) >= 11 is 0. The van der Waals surface area contributed by atoms with E-state index in [1.165, 1.54) is 18.6 Å². The van der Waals surface area contributed by atoms with E-state index in [1.54, 1.807) is 48.5 Å². The first-order valence-corrected chi connectivity index (χ1v) is 10.0. The number of hydrogen-bond donors (Lipinski definition) is 1. The molecule has 5 nitrogen and oxygen atoms in total. The molecule has 0 aliphatic rings. The monoisotopic (exact) mass is 442 g/mol. The molecule has 2 aromatic carbocycles. The van der Waals surface area contributed by atoms with E-state index in [-0.39, 0.29) is 6.10 Å². The van der Waals surface area contributed by atoms with Crippen molar-refractivity contribution in [1.29, 1.82) is 0 Å². The summed E-state index contributed by atoms with van der Waals surface area (Å²) in [4.78, 5) is 4.40. The Kier molecular flexibility index (Phi) is 5.33. The number of benzene rings is 2. The summed E-state index contributed by atoms with van der Waals surface area (Å²) in [6.45, 7) is 0.736. The Bertz CT molecular complexity index is 1290. The summed E-state index contributed by atoms with van der Waals surface area (Å²) in [6.07, 6.45) is -0.108. The minimum absolute atomic E-state index is 0.0113. The molecule has 0 aliphatic carbocycles. The summed E-state index contributed by atoms with van der Waals surface area (Å²) in [5.74, 6) is 0.650. The zero-order valence-corrected chi connectivity index (χ0v) is 17.5. The lowest BCUT2D eigenvalue weighted by molar-refractivity contribution is -0.142. The Hall–Kier alpha value is -3.55. The molecule has 4 rings (SSSR count). The van der Waals surface area contributed by atoms with Crippen LogP contribution >= 0.6 is 0 Å². The van der Waals surface area contributed by atoms with Crippen molar-refractivity contribution in [3.63, 3.8) is 0 Å². The van der Waals surface area contributed by atoms with Crippen LogP contribution in [-0.2, 0) is 13.0 Å². The first-order chi connectivity index (χ1) is 16.0. The predicted molar refractivity (Wildman–Crippen MR) is 119 cm³/mol. The van der Waals surface area contributed by atoms with Gasteiger partial charge in [-0.2, -0.15) is 18.3 Å². The summed E-state index contributed by atoms with van der Waals surface area (Å²) in [5, 5.41) is 7.40. The number of nitrogens with one attached hydrogen (secondary N) is 1. The minimum Gasteiger partial charge on any atom is -0.491 e. The smallest absolute Gasteiger partial charge is 0.408 e. The topological polar surface area (TPSA) is 52.0 Å². The van der Waals surface area contributed by atoms with Gasteiger partial charge in [-0.25, -0.2) is 0 Å². The van der Waals surface area contributed by atoms with Gasteiger partial charge in [0.1, 0.15) is 12.3 Å². The van der Waals surface area contributed by atoms with E-state index in [0.717, 1.165) is 4.68 Å². The van der Waals surface area contributed by atoms with Crippen LogP contribution in [0.15, 0.2) is 67.1 Å². The average molecular weight is 442 g/mol. The van der Waals surface area contributed by atoms with Crippen LogP contribution in [-0.4, -0.2) is 27.0 Å². The van der Waals surface area contributed by atoms with Crippen LogP contribution in [0.4, 0.5) is 18.9 Å². The van der Waals surface area contributed by atoms with Gasteiger partial charge in [0.2, 0.25) is 0 Å². The maximum Gasteiger partial charge on any atom is 0.408 e. The predicted octanol–water partition coefficient (Wildman–Crippen LogP) is 6.06. The van der Waals surface area contributed by atoms with Crippen molar-refractivity contribution >= 4 is 16.6 Å². The van der Waals surface area contributed by atoms with Crippen molar-refractivity contribution in [1.82, 2.24) is 14.8 Å². The summed E-state index contributed by atoms with van der Waals surface area (Å²) in [6, 6.07) is 13.7. The zero-order valence-electron chi connectivity index (χ0n) is 19.5. The van der Waals surface area contributed by atoms with Crippen molar-refractivity contribution in [2.45, 2.75) is 39.2 Å². The molecule has 8 heteroatoms. The van der Waals surface area contributed by atoms with Gasteiger partial charge in [-0.15, -0.1) is 0 Å². The van der Waals surface area contributed by atoms with Gasteiger partial charge in [-0.3, -0.25) is 9.67 Å². The van der Waals surface area contributed by atoms with Crippen LogP contribution in [0.3, 0.4) is 0 Å². The van der Waals surface area contributed by atoms with Crippen LogP contribution < -0.4 is 10.1 Å². The van der Waals surface area contributed by atoms with Crippen molar-refractivity contribution in [3.8, 4) is 16.9 Å². The lowest BCUT2D eigenvalue weighted by Crippen LogP contribution is -2.17. The Balaban J connectivity index is 1.64. The van der Waals surface area contributed by atoms with Gasteiger partial charge in [-0.1, -0.05) is 24.3 Å². The van der Waals surface area contributed by atoms with Gasteiger partial charge in [0.05, 0.1) is 26.2 Å². The highest BCUT2D eigenvalue weighted by molar-refractivity contribution is 6.00. The number of rotatable bonds is 7. The highest BCUT2D eigenvalue weighted by Crippen LogP contribution is 2.31. The van der Waals surface area contributed by atoms with E-state index in [1.807, 2.05) is 13.8 Å². The number of anilines is 1. The van der Waals surface area contributed by atoms with Crippen molar-refractivity contribution in [3.05, 3.63) is 72.7 Å². The molecule has 0 spiro atoms. The highest BCUT2D eigenvalue weighted by Gasteiger charge is 2.28. The van der Waals surface area contributed by atoms with Gasteiger partial charge in [-0.05, 0) is 49.2 Å². The molecule has 0 saturated heterocycles. The van der Waals surface area contributed by atoms with E-state index in [4.69, 9.17) is 7.48 Å². The molecular weight excluding hydrogens is 417 g/mol. The van der Waals surface area contributed by atoms with E-state index in [9.17, 15) is 13.2 Å². The molecule has 2 aromatic heterocycles. The number of hydrogen-bond acceptors (Lipinski definition) is 4. The van der Waals surface area contributed by atoms with Gasteiger partial charge < -0.3 is 10.1 Å². The van der Waals surface area contributed by atoms with E-state index in [0.29, 0.717) is 39.0 Å². The third-order valence-electron chi connectivity index (χ3n) is 4.62. The molecule has 0 fully saturated rings. The first-order valence-electron chi connectivity index (χ1n) is 11.0. The Morgan fingerprint density at radius 2 is 1.91 bits per heavy atom. The molecule has 0 saturated carbocycles. The van der Waals surface area contributed by atoms with Crippen molar-refractivity contribution in [2.75, 3.05) is 5.32 Å². The third kappa shape index (κ3) is 5.19. The normalized spacial score (nSPS) is 13.2. The fourth-order valence-corrected chi connectivity index (χ4v) is 3.33. The molecule has 0 bridgehead atoms. The number of pyridine rings is 1. The fourth-order valence-electron chi connectivity index (χ4n) is 3.33. The third-order valence-corrected chi connectivity index (χ3v) is 4.62. The number of aromatic nitrogens is 3. The van der Waals surface area contributed by atoms with Gasteiger partial charge in [0.25, 0.3) is 0 Å². The largest absolute Gasteiger partial charge is 0.491 e. The number of alkyl halides is 3. The molecule has 4 aromatic rings. The van der Waals surface area contributed by atoms with Crippen LogP contribution in [0, 0.1) is 0 Å². The summed E-state index contributed by atoms with van der Waals surface area (Å²) in [7, 11) is 0. The minimum atomic E-state index is -4.37. The van der Waals surface area contributed by atoms with Crippen LogP contribution in [0.2, 0.25) is 0 Å². The van der Waals surface area contributed by atoms with E-state index >= 15 is 0 Å². The Morgan fingerprint density at radius 1 is 1.12 bits per heavy atom. The molecule has 0 atom stereocenters. The molecule has 1 N–H and O–H groups in total. The van der Waals surface area contributed by atoms with Crippen LogP contribution in [0.1, 0.15) is 22.2 Å². The summed E-state index contributed by atoms with van der Waals surface area (Å²) in [5.41, 5.74) is 2.52. The molecule has 2 heterocycles. The van der Waals surface area contributed by atoms with Gasteiger partial charge >= 0.3 is 6.18 Å². The number of ether oxygens (including phenoxy) is 1. The Labute approximate surface area is 186 Å². The number of fused-ring (bicyclic) bond motifs is 1. The number of nitrogens with zero attached hydrogens (tertiary/aromatic N) is 3. The SMILES string of the molecule is [2H]C([2H])(Nc1cccc2c(-c3cnn(CC(F)(F)F)c3)ccnc12)c1ccc(OC(C)C)cc1. The lowest BCUT2D eigenvalue weighted by atomic mass is 10.0. The van der Waals surface area contributed by atoms with E-state index < -0.39 is 19.2 Å². The van der Waals surface area contributed by atoms with Gasteiger partial charge in [0.15, 0.2) is 0 Å². The molecule has 0 radical (unpaired) electrons. The first kappa shape index (κ1) is 19.2. The molecule has 32 heavy (non-hydrogen) atoms. The van der Waals surface area contributed by atoms with E-state index in [2.05, 4.69) is 15.4 Å². The summed E-state index contributed by atoms with van der Waals surface area (Å²) < 4.78 is 61.7. The van der Waals surface area contributed by atoms with Crippen LogP contribution in [0.5, 0.6) is 5.75 Å². The second-order valence-electron chi connectivity index (χ2n) is 7.54. The highest BCUT2D eigenvalue weighted by atomic mass is 19.4. The average Bonchev–Trinajstić information content (AvgIpc) is 3.20. The number of para-hydroxylation sites is 1. The van der Waals surface area contributed by atoms with Crippen molar-refractivity contribution < 1.29 is 20.6 Å².